The van der Waals surface area contributed by atoms with Gasteiger partial charge < -0.3 is 10.2 Å². The summed E-state index contributed by atoms with van der Waals surface area (Å²) in [5, 5.41) is 2.72. The first kappa shape index (κ1) is 23.3. The predicted molar refractivity (Wildman–Crippen MR) is 139 cm³/mol. The fraction of sp³-hybridized carbons (Fsp3) is 0.172. The van der Waals surface area contributed by atoms with Crippen LogP contribution in [0.4, 0.5) is 0 Å². The molecule has 5 aromatic rings. The number of nitrogens with two attached hydrogens (primary N) is 1. The summed E-state index contributed by atoms with van der Waals surface area (Å²) < 4.78 is 38.1. The number of aryl methyl sites for hydroxylation is 2. The molecule has 0 aliphatic carbocycles. The van der Waals surface area contributed by atoms with Crippen LogP contribution in [0.1, 0.15) is 29.7 Å². The van der Waals surface area contributed by atoms with Crippen LogP contribution < -0.4 is 5.73 Å². The second-order valence-electron chi connectivity index (χ2n) is 8.80. The largest absolute Gasteiger partial charge is 0.464 e. The third kappa shape index (κ3) is 4.86. The number of hydrogen-bond donors (Lipinski definition) is 1. The van der Waals surface area contributed by atoms with Crippen molar-refractivity contribution in [3.05, 3.63) is 114 Å². The Hall–Kier alpha value is -3.45. The van der Waals surface area contributed by atoms with Gasteiger partial charge in [-0.2, -0.15) is 8.42 Å². The molecule has 0 saturated carbocycles. The van der Waals surface area contributed by atoms with E-state index in [1.165, 1.54) is 5.56 Å². The van der Waals surface area contributed by atoms with E-state index in [0.29, 0.717) is 11.1 Å². The van der Waals surface area contributed by atoms with Gasteiger partial charge in [-0.25, -0.2) is 0 Å². The smallest absolute Gasteiger partial charge is 0.297 e. The van der Waals surface area contributed by atoms with E-state index in [1.54, 1.807) is 31.4 Å². The van der Waals surface area contributed by atoms with Crippen LogP contribution >= 0.6 is 0 Å². The van der Waals surface area contributed by atoms with Crippen molar-refractivity contribution in [1.29, 1.82) is 0 Å². The Kier molecular flexibility index (Phi) is 6.43. The number of rotatable bonds is 8. The Morgan fingerprint density at radius 1 is 0.857 bits per heavy atom. The van der Waals surface area contributed by atoms with E-state index >= 15 is 0 Å². The van der Waals surface area contributed by atoms with Gasteiger partial charge >= 0.3 is 0 Å². The molecule has 0 bridgehead atoms. The van der Waals surface area contributed by atoms with E-state index in [9.17, 15) is 8.42 Å². The van der Waals surface area contributed by atoms with Crippen molar-refractivity contribution in [3.63, 3.8) is 0 Å². The van der Waals surface area contributed by atoms with E-state index in [1.807, 2.05) is 60.7 Å². The molecule has 0 spiro atoms. The Balaban J connectivity index is 1.46. The maximum Gasteiger partial charge on any atom is 0.297 e. The molecule has 0 fully saturated rings. The van der Waals surface area contributed by atoms with Crippen LogP contribution in [0.25, 0.3) is 21.7 Å². The average molecular weight is 486 g/mol. The van der Waals surface area contributed by atoms with Crippen molar-refractivity contribution in [2.24, 2.45) is 5.73 Å². The fourth-order valence-electron chi connectivity index (χ4n) is 4.44. The molecule has 1 heterocycles. The molecule has 2 N–H and O–H groups in total. The molecule has 178 valence electrons. The summed E-state index contributed by atoms with van der Waals surface area (Å²) in [6, 6.07) is 28.1. The van der Waals surface area contributed by atoms with Gasteiger partial charge in [0, 0.05) is 17.0 Å². The van der Waals surface area contributed by atoms with Crippen LogP contribution in [-0.4, -0.2) is 14.5 Å². The van der Waals surface area contributed by atoms with Gasteiger partial charge in [-0.3, -0.25) is 4.18 Å². The fourth-order valence-corrected chi connectivity index (χ4v) is 5.61. The van der Waals surface area contributed by atoms with Crippen molar-refractivity contribution in [2.45, 2.75) is 36.8 Å². The van der Waals surface area contributed by atoms with Crippen LogP contribution in [0.15, 0.2) is 107 Å². The number of fused-ring (bicyclic) bond motifs is 2. The van der Waals surface area contributed by atoms with E-state index < -0.39 is 22.3 Å². The zero-order valence-corrected chi connectivity index (χ0v) is 20.2. The summed E-state index contributed by atoms with van der Waals surface area (Å²) >= 11 is 0. The van der Waals surface area contributed by atoms with E-state index in [-0.39, 0.29) is 4.90 Å². The Morgan fingerprint density at radius 2 is 1.60 bits per heavy atom. The highest BCUT2D eigenvalue weighted by atomic mass is 32.2. The van der Waals surface area contributed by atoms with Gasteiger partial charge in [0.2, 0.25) is 0 Å². The molecule has 0 amide bonds. The molecular formula is C29H27NO4S. The molecule has 0 saturated heterocycles. The highest BCUT2D eigenvalue weighted by Gasteiger charge is 2.29. The highest BCUT2D eigenvalue weighted by Crippen LogP contribution is 2.34. The molecule has 5 nitrogen and oxygen atoms in total. The monoisotopic (exact) mass is 485 g/mol. The van der Waals surface area contributed by atoms with Gasteiger partial charge in [-0.1, -0.05) is 72.8 Å². The van der Waals surface area contributed by atoms with Gasteiger partial charge in [0.15, 0.2) is 0 Å². The minimum Gasteiger partial charge on any atom is -0.464 e. The van der Waals surface area contributed by atoms with Crippen LogP contribution in [0.3, 0.4) is 0 Å². The van der Waals surface area contributed by atoms with Crippen molar-refractivity contribution in [3.8, 4) is 0 Å². The first-order chi connectivity index (χ1) is 16.9. The third-order valence-corrected chi connectivity index (χ3v) is 7.58. The molecule has 1 aromatic heterocycles. The van der Waals surface area contributed by atoms with E-state index in [0.717, 1.165) is 34.6 Å². The zero-order chi connectivity index (χ0) is 24.4. The second kappa shape index (κ2) is 9.66. The Labute approximate surface area is 205 Å². The SMILES string of the molecule is CC(N)C(OS(=O)(=O)c1ccc2ccccc2c1)c1ccc(CCc2ccccc2)c2ccoc12. The van der Waals surface area contributed by atoms with Crippen molar-refractivity contribution in [2.75, 3.05) is 0 Å². The summed E-state index contributed by atoms with van der Waals surface area (Å²) in [6.07, 6.45) is 2.45. The van der Waals surface area contributed by atoms with Gasteiger partial charge in [0.1, 0.15) is 11.7 Å². The topological polar surface area (TPSA) is 82.5 Å². The third-order valence-electron chi connectivity index (χ3n) is 6.29. The standard InChI is InChI=1S/C29H27NO4S/c1-20(30)28(34-35(31,32)25-15-13-22-9-5-6-10-24(22)19-25)27-16-14-23(26-17-18-33-29(26)27)12-11-21-7-3-2-4-8-21/h2-10,13-20,28H,11-12,30H2,1H3. The molecule has 4 aromatic carbocycles. The average Bonchev–Trinajstić information content (AvgIpc) is 3.37. The molecule has 0 aliphatic rings. The normalized spacial score (nSPS) is 13.8. The zero-order valence-electron chi connectivity index (χ0n) is 19.4. The maximum absolute atomic E-state index is 13.3. The summed E-state index contributed by atoms with van der Waals surface area (Å²) in [6.45, 7) is 1.73. The lowest BCUT2D eigenvalue weighted by molar-refractivity contribution is 0.188. The quantitative estimate of drug-likeness (QED) is 0.266. The lowest BCUT2D eigenvalue weighted by Gasteiger charge is -2.22. The van der Waals surface area contributed by atoms with Crippen molar-refractivity contribution in [1.82, 2.24) is 0 Å². The predicted octanol–water partition coefficient (Wildman–Crippen LogP) is 6.17. The second-order valence-corrected chi connectivity index (χ2v) is 10.4. The van der Waals surface area contributed by atoms with Gasteiger partial charge in [0.05, 0.1) is 11.2 Å². The number of furan rings is 1. The molecule has 2 atom stereocenters. The van der Waals surface area contributed by atoms with Gasteiger partial charge in [-0.05, 0) is 59.9 Å². The molecule has 0 aliphatic heterocycles. The van der Waals surface area contributed by atoms with Gasteiger partial charge in [0.25, 0.3) is 10.1 Å². The minimum atomic E-state index is -4.07. The molecule has 2 unspecified atom stereocenters. The lowest BCUT2D eigenvalue weighted by Crippen LogP contribution is -2.29. The van der Waals surface area contributed by atoms with E-state index in [4.69, 9.17) is 14.3 Å². The van der Waals surface area contributed by atoms with Crippen molar-refractivity contribution < 1.29 is 17.0 Å². The summed E-state index contributed by atoms with van der Waals surface area (Å²) in [4.78, 5) is 0.0945. The highest BCUT2D eigenvalue weighted by molar-refractivity contribution is 7.86. The molecular weight excluding hydrogens is 458 g/mol. The van der Waals surface area contributed by atoms with Crippen LogP contribution in [0.5, 0.6) is 0 Å². The lowest BCUT2D eigenvalue weighted by atomic mass is 9.96. The van der Waals surface area contributed by atoms with Crippen LogP contribution in [0, 0.1) is 0 Å². The molecule has 6 heteroatoms. The summed E-state index contributed by atoms with van der Waals surface area (Å²) in [5.41, 5.74) is 9.85. The maximum atomic E-state index is 13.3. The first-order valence-electron chi connectivity index (χ1n) is 11.6. The molecule has 35 heavy (non-hydrogen) atoms. The summed E-state index contributed by atoms with van der Waals surface area (Å²) in [7, 11) is -4.07. The minimum absolute atomic E-state index is 0.0945. The van der Waals surface area contributed by atoms with Crippen LogP contribution in [-0.2, 0) is 27.1 Å². The van der Waals surface area contributed by atoms with Crippen molar-refractivity contribution >= 4 is 31.9 Å². The Bertz CT molecular complexity index is 1570. The first-order valence-corrected chi connectivity index (χ1v) is 13.0. The molecule has 5 rings (SSSR count). The number of hydrogen-bond acceptors (Lipinski definition) is 5. The van der Waals surface area contributed by atoms with E-state index in [2.05, 4.69) is 12.1 Å². The Morgan fingerprint density at radius 3 is 2.37 bits per heavy atom. The number of benzene rings is 4. The summed E-state index contributed by atoms with van der Waals surface area (Å²) in [5.74, 6) is 0. The van der Waals surface area contributed by atoms with Crippen LogP contribution in [0.2, 0.25) is 0 Å². The van der Waals surface area contributed by atoms with Gasteiger partial charge in [-0.15, -0.1) is 0 Å². The molecule has 0 radical (unpaired) electrons.